The summed E-state index contributed by atoms with van der Waals surface area (Å²) in [4.78, 5) is 0. The van der Waals surface area contributed by atoms with E-state index in [2.05, 4.69) is 32.9 Å². The fourth-order valence-electron chi connectivity index (χ4n) is 2.14. The van der Waals surface area contributed by atoms with E-state index in [4.69, 9.17) is 10.2 Å². The Balaban J connectivity index is 2.69. The Labute approximate surface area is 96.4 Å². The summed E-state index contributed by atoms with van der Waals surface area (Å²) < 4.78 is 5.81. The highest BCUT2D eigenvalue weighted by atomic mass is 16.3. The summed E-state index contributed by atoms with van der Waals surface area (Å²) in [5.74, 6) is 0.946. The molecule has 0 saturated heterocycles. The predicted molar refractivity (Wildman–Crippen MR) is 67.6 cm³/mol. The van der Waals surface area contributed by atoms with Gasteiger partial charge in [0, 0.05) is 10.9 Å². The second kappa shape index (κ2) is 4.30. The lowest BCUT2D eigenvalue weighted by molar-refractivity contribution is 0.544. The van der Waals surface area contributed by atoms with Crippen LogP contribution in [0.1, 0.15) is 35.8 Å². The van der Waals surface area contributed by atoms with Gasteiger partial charge in [0.2, 0.25) is 0 Å². The summed E-state index contributed by atoms with van der Waals surface area (Å²) in [7, 11) is 0. The first-order valence-corrected chi connectivity index (χ1v) is 5.89. The summed E-state index contributed by atoms with van der Waals surface area (Å²) in [5.41, 5.74) is 10.6. The van der Waals surface area contributed by atoms with Crippen molar-refractivity contribution in [2.75, 3.05) is 0 Å². The number of furan rings is 1. The minimum Gasteiger partial charge on any atom is -0.459 e. The smallest absolute Gasteiger partial charge is 0.134 e. The molecule has 0 aliphatic rings. The van der Waals surface area contributed by atoms with Crippen molar-refractivity contribution in [1.82, 2.24) is 0 Å². The van der Waals surface area contributed by atoms with E-state index in [-0.39, 0.29) is 0 Å². The number of rotatable bonds is 3. The maximum atomic E-state index is 5.81. The largest absolute Gasteiger partial charge is 0.459 e. The minimum absolute atomic E-state index is 0.488. The summed E-state index contributed by atoms with van der Waals surface area (Å²) in [6, 6.07) is 4.33. The van der Waals surface area contributed by atoms with Crippen LogP contribution in [0.3, 0.4) is 0 Å². The van der Waals surface area contributed by atoms with Crippen molar-refractivity contribution in [2.24, 2.45) is 5.73 Å². The van der Waals surface area contributed by atoms with Crippen molar-refractivity contribution in [1.29, 1.82) is 0 Å². The van der Waals surface area contributed by atoms with Crippen LogP contribution in [0.2, 0.25) is 0 Å². The summed E-state index contributed by atoms with van der Waals surface area (Å²) >= 11 is 0. The number of hydrogen-bond donors (Lipinski definition) is 1. The van der Waals surface area contributed by atoms with Crippen molar-refractivity contribution < 1.29 is 4.42 Å². The number of benzene rings is 1. The molecule has 86 valence electrons. The maximum Gasteiger partial charge on any atom is 0.134 e. The molecule has 0 saturated carbocycles. The standard InChI is InChI=1S/C14H19NO/c1-4-5-11-12-6-9(2)10(3)7-13(12)16-14(11)8-15/h6-7H,4-5,8,15H2,1-3H3. The molecule has 0 atom stereocenters. The van der Waals surface area contributed by atoms with E-state index in [1.54, 1.807) is 0 Å². The molecule has 1 aromatic heterocycles. The van der Waals surface area contributed by atoms with Crippen LogP contribution in [0.5, 0.6) is 0 Å². The van der Waals surface area contributed by atoms with Gasteiger partial charge >= 0.3 is 0 Å². The molecule has 2 aromatic rings. The molecule has 0 bridgehead atoms. The molecular formula is C14H19NO. The molecule has 2 rings (SSSR count). The van der Waals surface area contributed by atoms with Gasteiger partial charge in [0.15, 0.2) is 0 Å². The molecule has 0 aliphatic heterocycles. The SMILES string of the molecule is CCCc1c(CN)oc2cc(C)c(C)cc12. The first kappa shape index (κ1) is 11.2. The van der Waals surface area contributed by atoms with Crippen molar-refractivity contribution in [3.63, 3.8) is 0 Å². The molecule has 1 heterocycles. The highest BCUT2D eigenvalue weighted by Gasteiger charge is 2.13. The molecule has 0 fully saturated rings. The van der Waals surface area contributed by atoms with Gasteiger partial charge in [0.05, 0.1) is 6.54 Å². The van der Waals surface area contributed by atoms with Crippen LogP contribution in [-0.2, 0) is 13.0 Å². The van der Waals surface area contributed by atoms with Gasteiger partial charge in [0.25, 0.3) is 0 Å². The highest BCUT2D eigenvalue weighted by Crippen LogP contribution is 2.29. The fraction of sp³-hybridized carbons (Fsp3) is 0.429. The quantitative estimate of drug-likeness (QED) is 0.855. The Morgan fingerprint density at radius 3 is 2.50 bits per heavy atom. The second-order valence-electron chi connectivity index (χ2n) is 4.39. The minimum atomic E-state index is 0.488. The highest BCUT2D eigenvalue weighted by molar-refractivity contribution is 5.84. The van der Waals surface area contributed by atoms with E-state index < -0.39 is 0 Å². The van der Waals surface area contributed by atoms with Crippen LogP contribution in [-0.4, -0.2) is 0 Å². The Bertz CT molecular complexity index is 511. The third kappa shape index (κ3) is 1.74. The van der Waals surface area contributed by atoms with E-state index in [9.17, 15) is 0 Å². The van der Waals surface area contributed by atoms with E-state index in [1.165, 1.54) is 22.1 Å². The van der Waals surface area contributed by atoms with Crippen LogP contribution in [0.4, 0.5) is 0 Å². The van der Waals surface area contributed by atoms with Gasteiger partial charge in [-0.2, -0.15) is 0 Å². The summed E-state index contributed by atoms with van der Waals surface area (Å²) in [6.07, 6.45) is 2.16. The summed E-state index contributed by atoms with van der Waals surface area (Å²) in [5, 5.41) is 1.24. The van der Waals surface area contributed by atoms with E-state index in [1.807, 2.05) is 0 Å². The van der Waals surface area contributed by atoms with Crippen LogP contribution in [0.25, 0.3) is 11.0 Å². The van der Waals surface area contributed by atoms with Gasteiger partial charge in [-0.3, -0.25) is 0 Å². The molecule has 0 spiro atoms. The van der Waals surface area contributed by atoms with Gasteiger partial charge in [-0.05, 0) is 43.5 Å². The fourth-order valence-corrected chi connectivity index (χ4v) is 2.14. The van der Waals surface area contributed by atoms with E-state index in [0.717, 1.165) is 24.2 Å². The molecule has 2 heteroatoms. The van der Waals surface area contributed by atoms with E-state index in [0.29, 0.717) is 6.54 Å². The van der Waals surface area contributed by atoms with Crippen molar-refractivity contribution in [3.05, 3.63) is 34.6 Å². The summed E-state index contributed by atoms with van der Waals surface area (Å²) in [6.45, 7) is 6.92. The first-order valence-electron chi connectivity index (χ1n) is 5.89. The Hall–Kier alpha value is -1.28. The van der Waals surface area contributed by atoms with Crippen molar-refractivity contribution >= 4 is 11.0 Å². The Kier molecular flexibility index (Phi) is 3.01. The molecule has 2 N–H and O–H groups in total. The topological polar surface area (TPSA) is 39.2 Å². The molecule has 0 aliphatic carbocycles. The monoisotopic (exact) mass is 217 g/mol. The van der Waals surface area contributed by atoms with Crippen LogP contribution < -0.4 is 5.73 Å². The normalized spacial score (nSPS) is 11.2. The number of nitrogens with two attached hydrogens (primary N) is 1. The molecule has 16 heavy (non-hydrogen) atoms. The Morgan fingerprint density at radius 2 is 1.88 bits per heavy atom. The second-order valence-corrected chi connectivity index (χ2v) is 4.39. The molecule has 0 unspecified atom stereocenters. The number of fused-ring (bicyclic) bond motifs is 1. The van der Waals surface area contributed by atoms with Gasteiger partial charge in [0.1, 0.15) is 11.3 Å². The van der Waals surface area contributed by atoms with Gasteiger partial charge in [-0.15, -0.1) is 0 Å². The van der Waals surface area contributed by atoms with E-state index >= 15 is 0 Å². The average molecular weight is 217 g/mol. The Morgan fingerprint density at radius 1 is 1.19 bits per heavy atom. The third-order valence-electron chi connectivity index (χ3n) is 3.18. The van der Waals surface area contributed by atoms with Crippen LogP contribution in [0, 0.1) is 13.8 Å². The lowest BCUT2D eigenvalue weighted by Crippen LogP contribution is -1.98. The van der Waals surface area contributed by atoms with Crippen LogP contribution >= 0.6 is 0 Å². The third-order valence-corrected chi connectivity index (χ3v) is 3.18. The van der Waals surface area contributed by atoms with Crippen molar-refractivity contribution in [2.45, 2.75) is 40.2 Å². The molecule has 0 radical (unpaired) electrons. The maximum absolute atomic E-state index is 5.81. The molecule has 1 aromatic carbocycles. The van der Waals surface area contributed by atoms with Gasteiger partial charge in [-0.25, -0.2) is 0 Å². The van der Waals surface area contributed by atoms with Crippen LogP contribution in [0.15, 0.2) is 16.5 Å². The number of aryl methyl sites for hydroxylation is 3. The lowest BCUT2D eigenvalue weighted by Gasteiger charge is -2.01. The zero-order valence-corrected chi connectivity index (χ0v) is 10.3. The van der Waals surface area contributed by atoms with Crippen molar-refractivity contribution in [3.8, 4) is 0 Å². The van der Waals surface area contributed by atoms with Gasteiger partial charge in [-0.1, -0.05) is 13.3 Å². The molecular weight excluding hydrogens is 198 g/mol. The average Bonchev–Trinajstić information content (AvgIpc) is 2.58. The first-order chi connectivity index (χ1) is 7.67. The zero-order valence-electron chi connectivity index (χ0n) is 10.3. The number of hydrogen-bond acceptors (Lipinski definition) is 2. The predicted octanol–water partition coefficient (Wildman–Crippen LogP) is 3.46. The van der Waals surface area contributed by atoms with Gasteiger partial charge < -0.3 is 10.2 Å². The molecule has 2 nitrogen and oxygen atoms in total. The zero-order chi connectivity index (χ0) is 11.7. The molecule has 0 amide bonds. The lowest BCUT2D eigenvalue weighted by atomic mass is 10.0.